The zero-order chi connectivity index (χ0) is 24.7. The Morgan fingerprint density at radius 2 is 1.91 bits per heavy atom. The fraction of sp³-hybridized carbons (Fsp3) is 0.240. The number of methoxy groups -OCH3 is 1. The van der Waals surface area contributed by atoms with E-state index >= 15 is 0 Å². The summed E-state index contributed by atoms with van der Waals surface area (Å²) < 4.78 is 28.0. The summed E-state index contributed by atoms with van der Waals surface area (Å²) in [5.41, 5.74) is 1.16. The van der Waals surface area contributed by atoms with Gasteiger partial charge in [-0.25, -0.2) is 14.4 Å². The fourth-order valence-electron chi connectivity index (χ4n) is 4.37. The molecule has 2 aromatic heterocycles. The summed E-state index contributed by atoms with van der Waals surface area (Å²) in [5.74, 6) is 0.902. The van der Waals surface area contributed by atoms with Gasteiger partial charge in [-0.15, -0.1) is 0 Å². The molecule has 1 aliphatic heterocycles. The number of hydrogen-bond acceptors (Lipinski definition) is 5. The van der Waals surface area contributed by atoms with Crippen molar-refractivity contribution in [2.24, 2.45) is 0 Å². The van der Waals surface area contributed by atoms with Crippen LogP contribution in [-0.4, -0.2) is 51.6 Å². The first kappa shape index (κ1) is 23.4. The molecule has 0 radical (unpaired) electrons. The maximum atomic E-state index is 14.4. The molecule has 0 unspecified atom stereocenters. The van der Waals surface area contributed by atoms with E-state index in [-0.39, 0.29) is 22.1 Å². The topological polar surface area (TPSA) is 69.5 Å². The highest BCUT2D eigenvalue weighted by Gasteiger charge is 2.24. The Labute approximate surface area is 210 Å². The molecule has 1 amide bonds. The largest absolute Gasteiger partial charge is 0.493 e. The van der Waals surface area contributed by atoms with E-state index in [4.69, 9.17) is 32.7 Å². The Kier molecular flexibility index (Phi) is 6.25. The van der Waals surface area contributed by atoms with Crippen molar-refractivity contribution >= 4 is 50.9 Å². The molecule has 10 heteroatoms. The maximum absolute atomic E-state index is 14.4. The first-order chi connectivity index (χ1) is 16.9. The van der Waals surface area contributed by atoms with E-state index in [0.717, 1.165) is 0 Å². The zero-order valence-electron chi connectivity index (χ0n) is 18.8. The second-order valence-electron chi connectivity index (χ2n) is 8.17. The molecular weight excluding hydrogens is 494 g/mol. The number of ether oxygens (including phenoxy) is 2. The number of halogens is 3. The second-order valence-corrected chi connectivity index (χ2v) is 8.92. The number of carbonyl (C=O) groups excluding carboxylic acids is 1. The normalized spacial score (nSPS) is 14.5. The lowest BCUT2D eigenvalue weighted by atomic mass is 10.1. The van der Waals surface area contributed by atoms with Crippen LogP contribution in [0.15, 0.2) is 49.4 Å². The summed E-state index contributed by atoms with van der Waals surface area (Å²) in [6, 6.07) is 6.69. The molecule has 3 heterocycles. The lowest BCUT2D eigenvalue weighted by Gasteiger charge is -2.31. The van der Waals surface area contributed by atoms with E-state index in [1.807, 2.05) is 6.07 Å². The van der Waals surface area contributed by atoms with Gasteiger partial charge in [-0.05, 0) is 18.2 Å². The first-order valence-electron chi connectivity index (χ1n) is 11.0. The minimum atomic E-state index is -0.616. The number of likely N-dealkylation sites (tertiary alicyclic amines) is 1. The van der Waals surface area contributed by atoms with E-state index in [0.29, 0.717) is 65.1 Å². The van der Waals surface area contributed by atoms with Gasteiger partial charge in [0.25, 0.3) is 0 Å². The van der Waals surface area contributed by atoms with Crippen LogP contribution in [0.4, 0.5) is 4.39 Å². The van der Waals surface area contributed by atoms with Gasteiger partial charge in [0, 0.05) is 55.0 Å². The van der Waals surface area contributed by atoms with Crippen LogP contribution in [0.2, 0.25) is 10.0 Å². The molecule has 180 valence electrons. The van der Waals surface area contributed by atoms with Crippen molar-refractivity contribution < 1.29 is 18.7 Å². The quantitative estimate of drug-likeness (QED) is 0.256. The van der Waals surface area contributed by atoms with Crippen molar-refractivity contribution in [2.75, 3.05) is 20.2 Å². The van der Waals surface area contributed by atoms with Crippen LogP contribution < -0.4 is 9.47 Å². The highest BCUT2D eigenvalue weighted by molar-refractivity contribution is 6.45. The smallest absolute Gasteiger partial charge is 0.245 e. The molecule has 0 spiro atoms. The Morgan fingerprint density at radius 1 is 1.14 bits per heavy atom. The number of hydrogen-bond donors (Lipinski definition) is 0. The predicted octanol–water partition coefficient (Wildman–Crippen LogP) is 5.58. The van der Waals surface area contributed by atoms with Gasteiger partial charge < -0.3 is 18.9 Å². The summed E-state index contributed by atoms with van der Waals surface area (Å²) in [7, 11) is 1.56. The van der Waals surface area contributed by atoms with Crippen LogP contribution in [0.5, 0.6) is 11.5 Å². The third-order valence-corrected chi connectivity index (χ3v) is 7.04. The second kappa shape index (κ2) is 9.36. The van der Waals surface area contributed by atoms with Crippen LogP contribution in [0.25, 0.3) is 27.6 Å². The molecule has 5 rings (SSSR count). The summed E-state index contributed by atoms with van der Waals surface area (Å²) in [6.07, 6.45) is 5.78. The molecule has 0 N–H and O–H groups in total. The molecule has 1 saturated heterocycles. The van der Waals surface area contributed by atoms with Crippen molar-refractivity contribution in [1.82, 2.24) is 19.4 Å². The highest BCUT2D eigenvalue weighted by Crippen LogP contribution is 2.38. The van der Waals surface area contributed by atoms with E-state index in [1.54, 1.807) is 34.9 Å². The van der Waals surface area contributed by atoms with Gasteiger partial charge in [-0.3, -0.25) is 4.79 Å². The van der Waals surface area contributed by atoms with Crippen molar-refractivity contribution in [2.45, 2.75) is 18.9 Å². The van der Waals surface area contributed by atoms with Crippen molar-refractivity contribution in [3.05, 3.63) is 65.3 Å². The number of benzene rings is 2. The molecule has 2 aromatic carbocycles. The summed E-state index contributed by atoms with van der Waals surface area (Å²) in [6.45, 7) is 4.72. The number of nitrogens with zero attached hydrogens (tertiary/aromatic N) is 4. The first-order valence-corrected chi connectivity index (χ1v) is 11.7. The van der Waals surface area contributed by atoms with Crippen LogP contribution >= 0.6 is 23.2 Å². The highest BCUT2D eigenvalue weighted by atomic mass is 35.5. The third kappa shape index (κ3) is 4.17. The minimum Gasteiger partial charge on any atom is -0.493 e. The van der Waals surface area contributed by atoms with Crippen molar-refractivity contribution in [1.29, 1.82) is 0 Å². The molecule has 0 aliphatic carbocycles. The van der Waals surface area contributed by atoms with Gasteiger partial charge in [0.05, 0.1) is 28.2 Å². The average Bonchev–Trinajstić information content (AvgIpc) is 3.30. The van der Waals surface area contributed by atoms with Gasteiger partial charge in [0.15, 0.2) is 11.5 Å². The molecule has 0 saturated carbocycles. The maximum Gasteiger partial charge on any atom is 0.245 e. The molecule has 0 bridgehead atoms. The number of carbonyl (C=O) groups is 1. The SMILES string of the molecule is C=CC(=O)N1CCC(Oc2cc3c(-n4ccc5c(Cl)c(Cl)c(F)cc54)ncnc3cc2OC)CC1. The van der Waals surface area contributed by atoms with Crippen LogP contribution in [0.1, 0.15) is 12.8 Å². The number of rotatable bonds is 5. The standard InChI is InChI=1S/C25H21Cl2FN4O3/c1-3-22(33)31-7-4-14(5-8-31)35-21-10-16-18(12-20(21)34-2)29-13-30-25(16)32-9-6-15-19(32)11-17(28)24(27)23(15)26/h3,6,9-14H,1,4-5,7-8H2,2H3. The van der Waals surface area contributed by atoms with E-state index < -0.39 is 5.82 Å². The summed E-state index contributed by atoms with van der Waals surface area (Å²) >= 11 is 12.3. The van der Waals surface area contributed by atoms with Gasteiger partial charge in [-0.1, -0.05) is 29.8 Å². The molecule has 1 aliphatic rings. The Hall–Kier alpha value is -3.36. The number of aromatic nitrogens is 3. The Bertz CT molecular complexity index is 1460. The number of amides is 1. The molecule has 1 fully saturated rings. The van der Waals surface area contributed by atoms with E-state index in [2.05, 4.69) is 16.5 Å². The fourth-order valence-corrected chi connectivity index (χ4v) is 4.77. The van der Waals surface area contributed by atoms with Gasteiger partial charge in [-0.2, -0.15) is 0 Å². The van der Waals surface area contributed by atoms with E-state index in [9.17, 15) is 9.18 Å². The number of piperidine rings is 1. The van der Waals surface area contributed by atoms with Gasteiger partial charge in [0.2, 0.25) is 5.91 Å². The Morgan fingerprint density at radius 3 is 2.63 bits per heavy atom. The van der Waals surface area contributed by atoms with E-state index in [1.165, 1.54) is 18.5 Å². The molecule has 35 heavy (non-hydrogen) atoms. The minimum absolute atomic E-state index is 0.0784. The van der Waals surface area contributed by atoms with Crippen molar-refractivity contribution in [3.63, 3.8) is 0 Å². The van der Waals surface area contributed by atoms with Crippen LogP contribution in [-0.2, 0) is 4.79 Å². The van der Waals surface area contributed by atoms with Gasteiger partial charge >= 0.3 is 0 Å². The predicted molar refractivity (Wildman–Crippen MR) is 133 cm³/mol. The number of fused-ring (bicyclic) bond motifs is 2. The molecule has 4 aromatic rings. The van der Waals surface area contributed by atoms with Crippen LogP contribution in [0, 0.1) is 5.82 Å². The zero-order valence-corrected chi connectivity index (χ0v) is 20.3. The third-order valence-electron chi connectivity index (χ3n) is 6.18. The lowest BCUT2D eigenvalue weighted by Crippen LogP contribution is -2.41. The molecular formula is C25H21Cl2FN4O3. The Balaban J connectivity index is 1.55. The average molecular weight is 515 g/mol. The lowest BCUT2D eigenvalue weighted by molar-refractivity contribution is -0.127. The van der Waals surface area contributed by atoms with Crippen LogP contribution in [0.3, 0.4) is 0 Å². The monoisotopic (exact) mass is 514 g/mol. The summed E-state index contributed by atoms with van der Waals surface area (Å²) in [5, 5.41) is 1.32. The summed E-state index contributed by atoms with van der Waals surface area (Å²) in [4.78, 5) is 22.5. The van der Waals surface area contributed by atoms with Gasteiger partial charge in [0.1, 0.15) is 24.1 Å². The molecule has 0 atom stereocenters. The van der Waals surface area contributed by atoms with Crippen molar-refractivity contribution in [3.8, 4) is 17.3 Å². The molecule has 7 nitrogen and oxygen atoms in total.